The topological polar surface area (TPSA) is 68.5 Å². The van der Waals surface area contributed by atoms with Gasteiger partial charge in [0.05, 0.1) is 5.56 Å². The second kappa shape index (κ2) is 9.02. The highest BCUT2D eigenvalue weighted by Gasteiger charge is 2.26. The third-order valence-electron chi connectivity index (χ3n) is 5.11. The summed E-state index contributed by atoms with van der Waals surface area (Å²) >= 11 is 0. The summed E-state index contributed by atoms with van der Waals surface area (Å²) in [5.41, 5.74) is 0.290. The zero-order valence-electron chi connectivity index (χ0n) is 16.3. The Bertz CT molecular complexity index is 1020. The largest absolute Gasteiger partial charge is 0.481 e. The fourth-order valence-corrected chi connectivity index (χ4v) is 3.59. The van der Waals surface area contributed by atoms with Crippen molar-refractivity contribution in [1.29, 1.82) is 0 Å². The minimum absolute atomic E-state index is 0.0611. The average molecular weight is 413 g/mol. The van der Waals surface area contributed by atoms with Crippen LogP contribution in [0.1, 0.15) is 18.7 Å². The second-order valence-corrected chi connectivity index (χ2v) is 7.26. The summed E-state index contributed by atoms with van der Waals surface area (Å²) in [6, 6.07) is 12.3. The summed E-state index contributed by atoms with van der Waals surface area (Å²) in [6.45, 7) is 0.933. The van der Waals surface area contributed by atoms with Crippen LogP contribution in [0.4, 0.5) is 8.78 Å². The van der Waals surface area contributed by atoms with Crippen LogP contribution in [0.5, 0.6) is 5.75 Å². The normalized spacial score (nSPS) is 16.5. The summed E-state index contributed by atoms with van der Waals surface area (Å²) in [6.07, 6.45) is 2.25. The van der Waals surface area contributed by atoms with Crippen LogP contribution in [0.3, 0.4) is 0 Å². The smallest absolute Gasteiger partial charge is 0.260 e. The van der Waals surface area contributed by atoms with E-state index in [1.165, 1.54) is 18.2 Å². The zero-order valence-corrected chi connectivity index (χ0v) is 16.3. The number of hydrogen-bond donors (Lipinski definition) is 0. The first-order chi connectivity index (χ1) is 14.6. The number of ether oxygens (including phenoxy) is 1. The van der Waals surface area contributed by atoms with Crippen LogP contribution in [0, 0.1) is 17.6 Å². The highest BCUT2D eigenvalue weighted by atomic mass is 19.1. The lowest BCUT2D eigenvalue weighted by Crippen LogP contribution is -2.42. The van der Waals surface area contributed by atoms with E-state index in [0.29, 0.717) is 31.0 Å². The van der Waals surface area contributed by atoms with Crippen molar-refractivity contribution >= 4 is 5.91 Å². The molecule has 2 aromatic carbocycles. The maximum atomic E-state index is 13.9. The van der Waals surface area contributed by atoms with Gasteiger partial charge in [0, 0.05) is 19.5 Å². The minimum Gasteiger partial charge on any atom is -0.481 e. The molecule has 3 aromatic rings. The van der Waals surface area contributed by atoms with E-state index in [2.05, 4.69) is 10.1 Å². The third-order valence-corrected chi connectivity index (χ3v) is 5.11. The van der Waals surface area contributed by atoms with Gasteiger partial charge in [-0.2, -0.15) is 4.98 Å². The van der Waals surface area contributed by atoms with Gasteiger partial charge in [0.25, 0.3) is 5.91 Å². The van der Waals surface area contributed by atoms with Gasteiger partial charge < -0.3 is 14.2 Å². The second-order valence-electron chi connectivity index (χ2n) is 7.26. The van der Waals surface area contributed by atoms with Gasteiger partial charge >= 0.3 is 0 Å². The molecule has 1 atom stereocenters. The summed E-state index contributed by atoms with van der Waals surface area (Å²) in [4.78, 5) is 18.5. The van der Waals surface area contributed by atoms with Crippen molar-refractivity contribution in [2.45, 2.75) is 19.3 Å². The number of halogens is 2. The number of nitrogens with zero attached hydrogens (tertiary/aromatic N) is 3. The molecule has 1 amide bonds. The van der Waals surface area contributed by atoms with Crippen LogP contribution in [-0.2, 0) is 11.2 Å². The van der Waals surface area contributed by atoms with E-state index in [4.69, 9.17) is 9.26 Å². The van der Waals surface area contributed by atoms with Crippen LogP contribution < -0.4 is 4.74 Å². The number of likely N-dealkylation sites (tertiary alicyclic amines) is 1. The molecule has 4 rings (SSSR count). The summed E-state index contributed by atoms with van der Waals surface area (Å²) in [7, 11) is 0. The first-order valence-electron chi connectivity index (χ1n) is 9.83. The number of carbonyl (C=O) groups is 1. The van der Waals surface area contributed by atoms with Crippen molar-refractivity contribution in [2.24, 2.45) is 5.92 Å². The van der Waals surface area contributed by atoms with Crippen LogP contribution in [0.2, 0.25) is 0 Å². The Balaban J connectivity index is 1.33. The molecule has 1 aliphatic rings. The van der Waals surface area contributed by atoms with Crippen molar-refractivity contribution in [1.82, 2.24) is 15.0 Å². The third kappa shape index (κ3) is 4.64. The molecular weight excluding hydrogens is 392 g/mol. The number of amides is 1. The predicted octanol–water partition coefficient (Wildman–Crippen LogP) is 3.87. The Morgan fingerprint density at radius 2 is 1.90 bits per heavy atom. The van der Waals surface area contributed by atoms with Crippen LogP contribution in [0.25, 0.3) is 11.4 Å². The van der Waals surface area contributed by atoms with Crippen LogP contribution in [0.15, 0.2) is 53.1 Å². The number of rotatable bonds is 6. The fourth-order valence-electron chi connectivity index (χ4n) is 3.59. The number of hydrogen-bond acceptors (Lipinski definition) is 5. The van der Waals surface area contributed by atoms with Gasteiger partial charge in [-0.1, -0.05) is 29.4 Å². The van der Waals surface area contributed by atoms with E-state index in [1.807, 2.05) is 0 Å². The molecule has 0 saturated carbocycles. The molecule has 0 aliphatic carbocycles. The molecule has 8 heteroatoms. The van der Waals surface area contributed by atoms with E-state index in [1.54, 1.807) is 35.2 Å². The van der Waals surface area contributed by atoms with Gasteiger partial charge in [-0.3, -0.25) is 4.79 Å². The highest BCUT2D eigenvalue weighted by molar-refractivity contribution is 5.77. The van der Waals surface area contributed by atoms with Gasteiger partial charge in [-0.15, -0.1) is 0 Å². The molecule has 6 nitrogen and oxygen atoms in total. The number of aromatic nitrogens is 2. The van der Waals surface area contributed by atoms with Crippen LogP contribution in [-0.4, -0.2) is 40.6 Å². The van der Waals surface area contributed by atoms with E-state index in [0.717, 1.165) is 12.8 Å². The molecule has 30 heavy (non-hydrogen) atoms. The zero-order chi connectivity index (χ0) is 20.9. The molecule has 0 radical (unpaired) electrons. The monoisotopic (exact) mass is 413 g/mol. The molecule has 1 aliphatic heterocycles. The van der Waals surface area contributed by atoms with E-state index >= 15 is 0 Å². The Morgan fingerprint density at radius 1 is 1.13 bits per heavy atom. The molecule has 156 valence electrons. The number of benzene rings is 2. The molecule has 1 fully saturated rings. The molecule has 1 unspecified atom stereocenters. The predicted molar refractivity (Wildman–Crippen MR) is 105 cm³/mol. The van der Waals surface area contributed by atoms with Crippen LogP contribution >= 0.6 is 0 Å². The van der Waals surface area contributed by atoms with E-state index < -0.39 is 11.6 Å². The molecule has 0 bridgehead atoms. The quantitative estimate of drug-likeness (QED) is 0.614. The van der Waals surface area contributed by atoms with Gasteiger partial charge in [0.1, 0.15) is 5.82 Å². The van der Waals surface area contributed by atoms with E-state index in [9.17, 15) is 13.6 Å². The Morgan fingerprint density at radius 3 is 2.70 bits per heavy atom. The maximum absolute atomic E-state index is 13.9. The SMILES string of the molecule is O=C(COc1ccccc1F)N1CCCC(Cc2nc(-c3ccccc3F)no2)C1. The number of piperidine rings is 1. The van der Waals surface area contributed by atoms with Crippen molar-refractivity contribution in [3.8, 4) is 17.1 Å². The lowest BCUT2D eigenvalue weighted by Gasteiger charge is -2.32. The molecule has 2 heterocycles. The van der Waals surface area contributed by atoms with Crippen molar-refractivity contribution < 1.29 is 22.8 Å². The maximum Gasteiger partial charge on any atom is 0.260 e. The summed E-state index contributed by atoms with van der Waals surface area (Å²) in [5, 5.41) is 3.88. The highest BCUT2D eigenvalue weighted by Crippen LogP contribution is 2.24. The molecule has 0 spiro atoms. The molecule has 0 N–H and O–H groups in total. The average Bonchev–Trinajstić information content (AvgIpc) is 3.21. The van der Waals surface area contributed by atoms with Gasteiger partial charge in [-0.05, 0) is 43.0 Å². The lowest BCUT2D eigenvalue weighted by molar-refractivity contribution is -0.135. The van der Waals surface area contributed by atoms with E-state index in [-0.39, 0.29) is 30.0 Å². The van der Waals surface area contributed by atoms with Gasteiger partial charge in [0.15, 0.2) is 18.2 Å². The summed E-state index contributed by atoms with van der Waals surface area (Å²) in [5.74, 6) is -0.269. The molecule has 1 saturated heterocycles. The Kier molecular flexibility index (Phi) is 6.02. The van der Waals surface area contributed by atoms with Crippen molar-refractivity contribution in [3.05, 3.63) is 66.1 Å². The Labute approximate surface area is 172 Å². The first kappa shape index (κ1) is 20.0. The van der Waals surface area contributed by atoms with Gasteiger partial charge in [-0.25, -0.2) is 8.78 Å². The van der Waals surface area contributed by atoms with Gasteiger partial charge in [0.2, 0.25) is 11.7 Å². The standard InChI is InChI=1S/C22H21F2N3O3/c23-17-8-2-1-7-16(17)22-25-20(30-26-22)12-15-6-5-11-27(13-15)21(28)14-29-19-10-4-3-9-18(19)24/h1-4,7-10,15H,5-6,11-14H2. The lowest BCUT2D eigenvalue weighted by atomic mass is 9.94. The summed E-state index contributed by atoms with van der Waals surface area (Å²) < 4.78 is 38.2. The number of carbonyl (C=O) groups excluding carboxylic acids is 1. The fraction of sp³-hybridized carbons (Fsp3) is 0.318. The minimum atomic E-state index is -0.496. The Hall–Kier alpha value is -3.29. The number of para-hydroxylation sites is 1. The first-order valence-corrected chi connectivity index (χ1v) is 9.83. The molecular formula is C22H21F2N3O3. The van der Waals surface area contributed by atoms with Crippen molar-refractivity contribution in [3.63, 3.8) is 0 Å². The molecule has 1 aromatic heterocycles. The van der Waals surface area contributed by atoms with Crippen molar-refractivity contribution in [2.75, 3.05) is 19.7 Å².